The van der Waals surface area contributed by atoms with Gasteiger partial charge in [0.2, 0.25) is 5.91 Å². The second-order valence-corrected chi connectivity index (χ2v) is 7.26. The quantitative estimate of drug-likeness (QED) is 0.487. The first kappa shape index (κ1) is 17.6. The average Bonchev–Trinajstić information content (AvgIpc) is 3.34. The molecule has 1 aromatic heterocycles. The summed E-state index contributed by atoms with van der Waals surface area (Å²) in [6, 6.07) is 19.6. The Balaban J connectivity index is 1.58. The van der Waals surface area contributed by atoms with E-state index in [-0.39, 0.29) is 11.8 Å². The van der Waals surface area contributed by atoms with Crippen LogP contribution in [0.2, 0.25) is 0 Å². The number of carbonyl (C=O) groups is 1. The van der Waals surface area contributed by atoms with Crippen LogP contribution in [0.4, 0.5) is 5.69 Å². The molecule has 1 fully saturated rings. The van der Waals surface area contributed by atoms with Crippen molar-refractivity contribution in [2.24, 2.45) is 0 Å². The van der Waals surface area contributed by atoms with Crippen molar-refractivity contribution in [1.29, 1.82) is 0 Å². The molecule has 5 nitrogen and oxygen atoms in total. The molecule has 0 radical (unpaired) electrons. The van der Waals surface area contributed by atoms with Gasteiger partial charge in [0.15, 0.2) is 11.3 Å². The Labute approximate surface area is 168 Å². The smallest absolute Gasteiger partial charge is 0.227 e. The molecule has 3 aromatic carbocycles. The molecular formula is C24H21NO4. The molecule has 0 saturated carbocycles. The van der Waals surface area contributed by atoms with Crippen molar-refractivity contribution in [1.82, 2.24) is 0 Å². The highest BCUT2D eigenvalue weighted by molar-refractivity contribution is 6.09. The Morgan fingerprint density at radius 3 is 2.52 bits per heavy atom. The van der Waals surface area contributed by atoms with Gasteiger partial charge in [-0.25, -0.2) is 0 Å². The number of benzene rings is 3. The van der Waals surface area contributed by atoms with Crippen LogP contribution < -0.4 is 14.4 Å². The minimum Gasteiger partial charge on any atom is -0.497 e. The molecule has 2 heterocycles. The minimum absolute atomic E-state index is 0.0824. The first-order chi connectivity index (χ1) is 14.2. The fraction of sp³-hybridized carbons (Fsp3) is 0.208. The predicted molar refractivity (Wildman–Crippen MR) is 113 cm³/mol. The van der Waals surface area contributed by atoms with Crippen LogP contribution in [0.1, 0.15) is 17.9 Å². The van der Waals surface area contributed by atoms with Crippen molar-refractivity contribution in [3.05, 3.63) is 66.2 Å². The molecule has 0 spiro atoms. The van der Waals surface area contributed by atoms with Crippen LogP contribution >= 0.6 is 0 Å². The Bertz CT molecular complexity index is 1210. The molecule has 5 rings (SSSR count). The standard InChI is InChI=1S/C24H21NO4/c1-27-17-9-7-16(8-10-17)25-14-15(13-22(25)26)18-11-12-21(28-2)24-23(18)19-5-3-4-6-20(19)29-24/h3-12,15H,13-14H2,1-2H3. The van der Waals surface area contributed by atoms with Crippen LogP contribution in [-0.4, -0.2) is 26.7 Å². The summed E-state index contributed by atoms with van der Waals surface area (Å²) < 4.78 is 16.9. The molecular weight excluding hydrogens is 366 g/mol. The number of nitrogens with zero attached hydrogens (tertiary/aromatic N) is 1. The van der Waals surface area contributed by atoms with E-state index in [4.69, 9.17) is 13.9 Å². The summed E-state index contributed by atoms with van der Waals surface area (Å²) in [7, 11) is 3.28. The van der Waals surface area contributed by atoms with Gasteiger partial charge in [-0.2, -0.15) is 0 Å². The summed E-state index contributed by atoms with van der Waals surface area (Å²) >= 11 is 0. The first-order valence-electron chi connectivity index (χ1n) is 9.62. The van der Waals surface area contributed by atoms with Gasteiger partial charge in [-0.05, 0) is 42.0 Å². The number of anilines is 1. The summed E-state index contributed by atoms with van der Waals surface area (Å²) in [4.78, 5) is 14.7. The third-order valence-electron chi connectivity index (χ3n) is 5.69. The summed E-state index contributed by atoms with van der Waals surface area (Å²) in [6.07, 6.45) is 0.465. The van der Waals surface area contributed by atoms with Gasteiger partial charge >= 0.3 is 0 Å². The van der Waals surface area contributed by atoms with E-state index in [0.717, 1.165) is 38.9 Å². The number of para-hydroxylation sites is 1. The van der Waals surface area contributed by atoms with Gasteiger partial charge in [0.1, 0.15) is 11.3 Å². The first-order valence-corrected chi connectivity index (χ1v) is 9.62. The zero-order valence-corrected chi connectivity index (χ0v) is 16.3. The number of amides is 1. The monoisotopic (exact) mass is 387 g/mol. The molecule has 0 N–H and O–H groups in total. The van der Waals surface area contributed by atoms with Crippen LogP contribution in [0.3, 0.4) is 0 Å². The maximum atomic E-state index is 12.8. The van der Waals surface area contributed by atoms with Gasteiger partial charge in [-0.1, -0.05) is 24.3 Å². The summed E-state index contributed by atoms with van der Waals surface area (Å²) in [6.45, 7) is 0.631. The summed E-state index contributed by atoms with van der Waals surface area (Å²) in [5.41, 5.74) is 3.57. The van der Waals surface area contributed by atoms with Gasteiger partial charge < -0.3 is 18.8 Å². The largest absolute Gasteiger partial charge is 0.497 e. The molecule has 146 valence electrons. The normalized spacial score (nSPS) is 16.7. The van der Waals surface area contributed by atoms with Crippen LogP contribution in [0.15, 0.2) is 65.1 Å². The molecule has 4 aromatic rings. The summed E-state index contributed by atoms with van der Waals surface area (Å²) in [5, 5.41) is 2.08. The Morgan fingerprint density at radius 2 is 1.76 bits per heavy atom. The number of hydrogen-bond acceptors (Lipinski definition) is 4. The lowest BCUT2D eigenvalue weighted by atomic mass is 9.93. The number of methoxy groups -OCH3 is 2. The van der Waals surface area contributed by atoms with Gasteiger partial charge in [-0.3, -0.25) is 4.79 Å². The molecule has 0 bridgehead atoms. The molecule has 1 aliphatic rings. The number of hydrogen-bond donors (Lipinski definition) is 0. The highest BCUT2D eigenvalue weighted by Crippen LogP contribution is 2.42. The zero-order chi connectivity index (χ0) is 20.0. The van der Waals surface area contributed by atoms with E-state index >= 15 is 0 Å². The molecule has 1 aliphatic heterocycles. The van der Waals surface area contributed by atoms with Crippen LogP contribution in [-0.2, 0) is 4.79 Å². The van der Waals surface area contributed by atoms with E-state index in [9.17, 15) is 4.79 Å². The molecule has 5 heteroatoms. The van der Waals surface area contributed by atoms with Crippen molar-refractivity contribution in [3.8, 4) is 11.5 Å². The van der Waals surface area contributed by atoms with E-state index in [1.165, 1.54) is 0 Å². The average molecular weight is 387 g/mol. The van der Waals surface area contributed by atoms with Gasteiger partial charge in [-0.15, -0.1) is 0 Å². The fourth-order valence-electron chi connectivity index (χ4n) is 4.26. The molecule has 0 aliphatic carbocycles. The lowest BCUT2D eigenvalue weighted by molar-refractivity contribution is -0.117. The predicted octanol–water partition coefficient (Wildman–Crippen LogP) is 5.12. The van der Waals surface area contributed by atoms with Crippen LogP contribution in [0.25, 0.3) is 21.9 Å². The van der Waals surface area contributed by atoms with Crippen LogP contribution in [0.5, 0.6) is 11.5 Å². The van der Waals surface area contributed by atoms with Crippen molar-refractivity contribution >= 4 is 33.5 Å². The molecule has 1 unspecified atom stereocenters. The lowest BCUT2D eigenvalue weighted by Crippen LogP contribution is -2.24. The molecule has 29 heavy (non-hydrogen) atoms. The highest BCUT2D eigenvalue weighted by atomic mass is 16.5. The van der Waals surface area contributed by atoms with Crippen LogP contribution in [0, 0.1) is 0 Å². The number of rotatable bonds is 4. The lowest BCUT2D eigenvalue weighted by Gasteiger charge is -2.18. The van der Waals surface area contributed by atoms with E-state index in [2.05, 4.69) is 12.1 Å². The van der Waals surface area contributed by atoms with Gasteiger partial charge in [0.05, 0.1) is 14.2 Å². The van der Waals surface area contributed by atoms with E-state index in [0.29, 0.717) is 18.7 Å². The Hall–Kier alpha value is -3.47. The van der Waals surface area contributed by atoms with E-state index < -0.39 is 0 Å². The van der Waals surface area contributed by atoms with E-state index in [1.807, 2.05) is 53.4 Å². The SMILES string of the molecule is COc1ccc(N2CC(c3ccc(OC)c4oc5ccccc5c34)CC2=O)cc1. The van der Waals surface area contributed by atoms with Crippen molar-refractivity contribution in [2.75, 3.05) is 25.7 Å². The Morgan fingerprint density at radius 1 is 0.966 bits per heavy atom. The van der Waals surface area contributed by atoms with Gasteiger partial charge in [0.25, 0.3) is 0 Å². The zero-order valence-electron chi connectivity index (χ0n) is 16.3. The maximum absolute atomic E-state index is 12.8. The van der Waals surface area contributed by atoms with Gasteiger partial charge in [0, 0.05) is 35.3 Å². The maximum Gasteiger partial charge on any atom is 0.227 e. The topological polar surface area (TPSA) is 51.9 Å². The second-order valence-electron chi connectivity index (χ2n) is 7.26. The Kier molecular flexibility index (Phi) is 4.16. The number of furan rings is 1. The van der Waals surface area contributed by atoms with Crippen molar-refractivity contribution < 1.29 is 18.7 Å². The molecule has 1 atom stereocenters. The number of fused-ring (bicyclic) bond motifs is 3. The number of carbonyl (C=O) groups excluding carboxylic acids is 1. The van der Waals surface area contributed by atoms with E-state index in [1.54, 1.807) is 14.2 Å². The third-order valence-corrected chi connectivity index (χ3v) is 5.69. The second kappa shape index (κ2) is 6.85. The minimum atomic E-state index is 0.0824. The van der Waals surface area contributed by atoms with Crippen molar-refractivity contribution in [2.45, 2.75) is 12.3 Å². The fourth-order valence-corrected chi connectivity index (χ4v) is 4.26. The number of ether oxygens (including phenoxy) is 2. The third kappa shape index (κ3) is 2.81. The molecule has 1 amide bonds. The summed E-state index contributed by atoms with van der Waals surface area (Å²) in [5.74, 6) is 1.69. The molecule has 1 saturated heterocycles. The van der Waals surface area contributed by atoms with Crippen molar-refractivity contribution in [3.63, 3.8) is 0 Å². The highest BCUT2D eigenvalue weighted by Gasteiger charge is 2.33.